The van der Waals surface area contributed by atoms with Crippen molar-refractivity contribution in [1.82, 2.24) is 0 Å². The van der Waals surface area contributed by atoms with Gasteiger partial charge >= 0.3 is 0 Å². The van der Waals surface area contributed by atoms with Crippen molar-refractivity contribution in [2.24, 2.45) is 0 Å². The third-order valence-corrected chi connectivity index (χ3v) is 2.51. The van der Waals surface area contributed by atoms with Crippen LogP contribution in [0.4, 0.5) is 11.4 Å². The second-order valence-electron chi connectivity index (χ2n) is 4.16. The average molecular weight is 238 g/mol. The van der Waals surface area contributed by atoms with E-state index in [2.05, 4.69) is 0 Å². The number of ether oxygens (including phenoxy) is 2. The van der Waals surface area contributed by atoms with Gasteiger partial charge in [-0.3, -0.25) is 0 Å². The van der Waals surface area contributed by atoms with Gasteiger partial charge in [0.05, 0.1) is 12.3 Å². The SMILES string of the molecule is COCCCCOc1cc(N(C)C)ccc1N. The molecule has 0 atom stereocenters. The Bertz CT molecular complexity index is 340. The molecule has 0 aromatic heterocycles. The lowest BCUT2D eigenvalue weighted by Gasteiger charge is -2.15. The smallest absolute Gasteiger partial charge is 0.144 e. The molecule has 0 amide bonds. The van der Waals surface area contributed by atoms with Crippen molar-refractivity contribution in [3.63, 3.8) is 0 Å². The van der Waals surface area contributed by atoms with E-state index in [4.69, 9.17) is 15.2 Å². The molecular weight excluding hydrogens is 216 g/mol. The Morgan fingerprint density at radius 2 is 1.88 bits per heavy atom. The molecule has 0 unspecified atom stereocenters. The van der Waals surface area contributed by atoms with E-state index >= 15 is 0 Å². The molecule has 96 valence electrons. The molecular formula is C13H22N2O2. The number of nitrogen functional groups attached to an aromatic ring is 1. The lowest BCUT2D eigenvalue weighted by atomic mass is 10.2. The van der Waals surface area contributed by atoms with Crippen LogP contribution in [0.15, 0.2) is 18.2 Å². The predicted molar refractivity (Wildman–Crippen MR) is 71.8 cm³/mol. The summed E-state index contributed by atoms with van der Waals surface area (Å²) in [5.41, 5.74) is 7.63. The highest BCUT2D eigenvalue weighted by Gasteiger charge is 2.03. The normalized spacial score (nSPS) is 10.3. The van der Waals surface area contributed by atoms with Gasteiger partial charge in [-0.1, -0.05) is 0 Å². The Morgan fingerprint density at radius 3 is 2.53 bits per heavy atom. The van der Waals surface area contributed by atoms with E-state index in [1.54, 1.807) is 7.11 Å². The first-order valence-corrected chi connectivity index (χ1v) is 5.83. The fourth-order valence-electron chi connectivity index (χ4n) is 1.46. The molecule has 0 heterocycles. The first kappa shape index (κ1) is 13.6. The molecule has 0 saturated heterocycles. The molecule has 1 aromatic carbocycles. The van der Waals surface area contributed by atoms with Gasteiger partial charge in [-0.15, -0.1) is 0 Å². The summed E-state index contributed by atoms with van der Waals surface area (Å²) in [5, 5.41) is 0. The Balaban J connectivity index is 2.49. The van der Waals surface area contributed by atoms with Crippen LogP contribution < -0.4 is 15.4 Å². The highest BCUT2D eigenvalue weighted by molar-refractivity contribution is 5.61. The molecule has 0 aliphatic heterocycles. The van der Waals surface area contributed by atoms with E-state index in [1.807, 2.05) is 37.2 Å². The van der Waals surface area contributed by atoms with Crippen LogP contribution in [-0.2, 0) is 4.74 Å². The molecule has 0 radical (unpaired) electrons. The van der Waals surface area contributed by atoms with Crippen molar-refractivity contribution < 1.29 is 9.47 Å². The summed E-state index contributed by atoms with van der Waals surface area (Å²) in [7, 11) is 5.70. The Kier molecular flexibility index (Phi) is 5.63. The summed E-state index contributed by atoms with van der Waals surface area (Å²) >= 11 is 0. The second kappa shape index (κ2) is 7.01. The molecule has 0 saturated carbocycles. The van der Waals surface area contributed by atoms with Gasteiger partial charge in [-0.05, 0) is 25.0 Å². The molecule has 2 N–H and O–H groups in total. The molecule has 0 aliphatic rings. The van der Waals surface area contributed by atoms with E-state index in [0.717, 1.165) is 30.9 Å². The third-order valence-electron chi connectivity index (χ3n) is 2.51. The number of anilines is 2. The van der Waals surface area contributed by atoms with Crippen molar-refractivity contribution in [3.8, 4) is 5.75 Å². The summed E-state index contributed by atoms with van der Waals surface area (Å²) < 4.78 is 10.6. The maximum absolute atomic E-state index is 5.86. The number of nitrogens with zero attached hydrogens (tertiary/aromatic N) is 1. The van der Waals surface area contributed by atoms with Crippen LogP contribution in [0.1, 0.15) is 12.8 Å². The first-order chi connectivity index (χ1) is 8.15. The zero-order valence-corrected chi connectivity index (χ0v) is 10.9. The van der Waals surface area contributed by atoms with Crippen molar-refractivity contribution in [2.45, 2.75) is 12.8 Å². The second-order valence-corrected chi connectivity index (χ2v) is 4.16. The Morgan fingerprint density at radius 1 is 1.18 bits per heavy atom. The molecule has 0 aliphatic carbocycles. The number of methoxy groups -OCH3 is 1. The van der Waals surface area contributed by atoms with Gasteiger partial charge in [0.25, 0.3) is 0 Å². The molecule has 4 nitrogen and oxygen atoms in total. The fraction of sp³-hybridized carbons (Fsp3) is 0.538. The van der Waals surface area contributed by atoms with Crippen LogP contribution in [0.5, 0.6) is 5.75 Å². The molecule has 1 aromatic rings. The molecule has 4 heteroatoms. The summed E-state index contributed by atoms with van der Waals surface area (Å²) in [5.74, 6) is 0.758. The van der Waals surface area contributed by atoms with E-state index in [0.29, 0.717) is 12.3 Å². The minimum Gasteiger partial charge on any atom is -0.491 e. The molecule has 0 spiro atoms. The summed E-state index contributed by atoms with van der Waals surface area (Å²) in [6, 6.07) is 5.82. The van der Waals surface area contributed by atoms with E-state index in [9.17, 15) is 0 Å². The van der Waals surface area contributed by atoms with Crippen LogP contribution in [0.3, 0.4) is 0 Å². The zero-order chi connectivity index (χ0) is 12.7. The molecule has 0 bridgehead atoms. The van der Waals surface area contributed by atoms with Crippen LogP contribution in [0, 0.1) is 0 Å². The van der Waals surface area contributed by atoms with E-state index in [-0.39, 0.29) is 0 Å². The monoisotopic (exact) mass is 238 g/mol. The molecule has 0 fully saturated rings. The van der Waals surface area contributed by atoms with Gasteiger partial charge in [0, 0.05) is 39.6 Å². The average Bonchev–Trinajstić information content (AvgIpc) is 2.30. The fourth-order valence-corrected chi connectivity index (χ4v) is 1.46. The largest absolute Gasteiger partial charge is 0.491 e. The van der Waals surface area contributed by atoms with Crippen molar-refractivity contribution >= 4 is 11.4 Å². The number of benzene rings is 1. The summed E-state index contributed by atoms with van der Waals surface area (Å²) in [6.45, 7) is 1.45. The summed E-state index contributed by atoms with van der Waals surface area (Å²) in [4.78, 5) is 2.03. The van der Waals surface area contributed by atoms with Gasteiger partial charge in [-0.25, -0.2) is 0 Å². The minimum atomic E-state index is 0.671. The van der Waals surface area contributed by atoms with Gasteiger partial charge in [0.15, 0.2) is 0 Å². The highest BCUT2D eigenvalue weighted by Crippen LogP contribution is 2.26. The van der Waals surface area contributed by atoms with Crippen LogP contribution in [-0.4, -0.2) is 34.4 Å². The Labute approximate surface area is 103 Å². The maximum Gasteiger partial charge on any atom is 0.144 e. The lowest BCUT2D eigenvalue weighted by molar-refractivity contribution is 0.184. The van der Waals surface area contributed by atoms with E-state index in [1.165, 1.54) is 0 Å². The standard InChI is InChI=1S/C13H22N2O2/c1-15(2)11-6-7-12(14)13(10-11)17-9-5-4-8-16-3/h6-7,10H,4-5,8-9,14H2,1-3H3. The molecule has 1 rings (SSSR count). The van der Waals surface area contributed by atoms with Gasteiger partial charge < -0.3 is 20.1 Å². The number of hydrogen-bond donors (Lipinski definition) is 1. The van der Waals surface area contributed by atoms with Crippen molar-refractivity contribution in [2.75, 3.05) is 45.1 Å². The number of hydrogen-bond acceptors (Lipinski definition) is 4. The maximum atomic E-state index is 5.86. The predicted octanol–water partition coefficient (Wildman–Crippen LogP) is 2.14. The van der Waals surface area contributed by atoms with Crippen LogP contribution in [0.2, 0.25) is 0 Å². The van der Waals surface area contributed by atoms with Crippen LogP contribution in [0.25, 0.3) is 0 Å². The topological polar surface area (TPSA) is 47.7 Å². The molecule has 17 heavy (non-hydrogen) atoms. The highest BCUT2D eigenvalue weighted by atomic mass is 16.5. The first-order valence-electron chi connectivity index (χ1n) is 5.83. The van der Waals surface area contributed by atoms with Gasteiger partial charge in [-0.2, -0.15) is 0 Å². The minimum absolute atomic E-state index is 0.671. The zero-order valence-electron chi connectivity index (χ0n) is 10.9. The number of unbranched alkanes of at least 4 members (excludes halogenated alkanes) is 1. The number of rotatable bonds is 7. The van der Waals surface area contributed by atoms with Gasteiger partial charge in [0.2, 0.25) is 0 Å². The van der Waals surface area contributed by atoms with Crippen LogP contribution >= 0.6 is 0 Å². The quantitative estimate of drug-likeness (QED) is 0.584. The van der Waals surface area contributed by atoms with Crippen molar-refractivity contribution in [1.29, 1.82) is 0 Å². The van der Waals surface area contributed by atoms with Gasteiger partial charge in [0.1, 0.15) is 5.75 Å². The van der Waals surface area contributed by atoms with E-state index < -0.39 is 0 Å². The van der Waals surface area contributed by atoms with Crippen molar-refractivity contribution in [3.05, 3.63) is 18.2 Å². The third kappa shape index (κ3) is 4.53. The Hall–Kier alpha value is -1.42. The summed E-state index contributed by atoms with van der Waals surface area (Å²) in [6.07, 6.45) is 1.98. The lowest BCUT2D eigenvalue weighted by Crippen LogP contribution is -2.09. The number of nitrogens with two attached hydrogens (primary N) is 1.